The Balaban J connectivity index is 3.05. The summed E-state index contributed by atoms with van der Waals surface area (Å²) >= 11 is 0. The van der Waals surface area contributed by atoms with E-state index in [4.69, 9.17) is 9.84 Å². The van der Waals surface area contributed by atoms with E-state index in [9.17, 15) is 14.9 Å². The van der Waals surface area contributed by atoms with E-state index in [1.54, 1.807) is 7.11 Å². The van der Waals surface area contributed by atoms with Gasteiger partial charge in [-0.2, -0.15) is 0 Å². The molecule has 0 aromatic carbocycles. The molecule has 8 nitrogen and oxygen atoms in total. The predicted molar refractivity (Wildman–Crippen MR) is 72.0 cm³/mol. The number of hydrogen-bond acceptors (Lipinski definition) is 6. The fourth-order valence-electron chi connectivity index (χ4n) is 1.61. The molecule has 1 heterocycles. The molecule has 0 aliphatic rings. The van der Waals surface area contributed by atoms with Crippen LogP contribution in [0.4, 0.5) is 11.5 Å². The van der Waals surface area contributed by atoms with Crippen LogP contribution in [0.5, 0.6) is 0 Å². The molecule has 1 unspecified atom stereocenters. The van der Waals surface area contributed by atoms with Crippen molar-refractivity contribution in [3.63, 3.8) is 0 Å². The van der Waals surface area contributed by atoms with Crippen LogP contribution >= 0.6 is 0 Å². The quantitative estimate of drug-likeness (QED) is 0.578. The Labute approximate surface area is 115 Å². The Morgan fingerprint density at radius 2 is 2.25 bits per heavy atom. The smallest absolute Gasteiger partial charge is 0.342 e. The topological polar surface area (TPSA) is 115 Å². The first-order chi connectivity index (χ1) is 9.36. The number of aromatic carboxylic acids is 1. The molecule has 0 aliphatic heterocycles. The predicted octanol–water partition coefficient (Wildman–Crippen LogP) is 1.77. The summed E-state index contributed by atoms with van der Waals surface area (Å²) in [4.78, 5) is 24.9. The highest BCUT2D eigenvalue weighted by Crippen LogP contribution is 2.21. The first kappa shape index (κ1) is 15.8. The van der Waals surface area contributed by atoms with Crippen LogP contribution in [-0.4, -0.2) is 40.7 Å². The van der Waals surface area contributed by atoms with Gasteiger partial charge in [-0.3, -0.25) is 10.1 Å². The van der Waals surface area contributed by atoms with Crippen molar-refractivity contribution >= 4 is 17.5 Å². The zero-order chi connectivity index (χ0) is 15.3. The van der Waals surface area contributed by atoms with Gasteiger partial charge >= 0.3 is 11.7 Å². The summed E-state index contributed by atoms with van der Waals surface area (Å²) in [6.07, 6.45) is 0.940. The molecular weight excluding hydrogens is 266 g/mol. The highest BCUT2D eigenvalue weighted by Gasteiger charge is 2.22. The summed E-state index contributed by atoms with van der Waals surface area (Å²) in [5.74, 6) is -0.876. The van der Waals surface area contributed by atoms with Gasteiger partial charge in [0.05, 0.1) is 17.6 Å². The number of nitrogens with zero attached hydrogens (tertiary/aromatic N) is 2. The van der Waals surface area contributed by atoms with Crippen LogP contribution < -0.4 is 5.32 Å². The minimum atomic E-state index is -1.37. The summed E-state index contributed by atoms with van der Waals surface area (Å²) < 4.78 is 5.06. The molecular formula is C12H17N3O5. The van der Waals surface area contributed by atoms with Gasteiger partial charge in [-0.25, -0.2) is 9.78 Å². The van der Waals surface area contributed by atoms with Crippen molar-refractivity contribution < 1.29 is 19.6 Å². The summed E-state index contributed by atoms with van der Waals surface area (Å²) in [5.41, 5.74) is -0.927. The minimum Gasteiger partial charge on any atom is -0.477 e. The molecule has 0 radical (unpaired) electrons. The van der Waals surface area contributed by atoms with E-state index in [0.29, 0.717) is 6.61 Å². The highest BCUT2D eigenvalue weighted by atomic mass is 16.6. The van der Waals surface area contributed by atoms with E-state index in [-0.39, 0.29) is 17.8 Å². The molecule has 0 bridgehead atoms. The molecule has 0 saturated heterocycles. The molecule has 1 aromatic rings. The Morgan fingerprint density at radius 3 is 2.70 bits per heavy atom. The molecule has 0 amide bonds. The van der Waals surface area contributed by atoms with Gasteiger partial charge in [-0.1, -0.05) is 13.8 Å². The maximum atomic E-state index is 11.0. The zero-order valence-electron chi connectivity index (χ0n) is 11.5. The van der Waals surface area contributed by atoms with Gasteiger partial charge in [0, 0.05) is 13.2 Å². The molecule has 20 heavy (non-hydrogen) atoms. The van der Waals surface area contributed by atoms with Crippen LogP contribution in [0.15, 0.2) is 12.3 Å². The van der Waals surface area contributed by atoms with Crippen molar-refractivity contribution in [1.29, 1.82) is 0 Å². The lowest BCUT2D eigenvalue weighted by Crippen LogP contribution is -2.30. The van der Waals surface area contributed by atoms with Crippen molar-refractivity contribution in [2.24, 2.45) is 5.92 Å². The van der Waals surface area contributed by atoms with Crippen LogP contribution in [-0.2, 0) is 4.74 Å². The van der Waals surface area contributed by atoms with Crippen LogP contribution in [0.1, 0.15) is 24.2 Å². The van der Waals surface area contributed by atoms with E-state index in [0.717, 1.165) is 12.3 Å². The van der Waals surface area contributed by atoms with Crippen LogP contribution in [0, 0.1) is 16.0 Å². The average molecular weight is 283 g/mol. The molecule has 0 spiro atoms. The van der Waals surface area contributed by atoms with E-state index >= 15 is 0 Å². The first-order valence-electron chi connectivity index (χ1n) is 6.00. The number of aromatic nitrogens is 1. The summed E-state index contributed by atoms with van der Waals surface area (Å²) in [6.45, 7) is 4.36. The Hall–Kier alpha value is -2.22. The highest BCUT2D eigenvalue weighted by molar-refractivity contribution is 5.93. The van der Waals surface area contributed by atoms with E-state index in [1.165, 1.54) is 0 Å². The Bertz CT molecular complexity index is 504. The van der Waals surface area contributed by atoms with Crippen LogP contribution in [0.2, 0.25) is 0 Å². The van der Waals surface area contributed by atoms with Gasteiger partial charge in [0.25, 0.3) is 0 Å². The monoisotopic (exact) mass is 283 g/mol. The second-order valence-corrected chi connectivity index (χ2v) is 4.60. The lowest BCUT2D eigenvalue weighted by Gasteiger charge is -2.22. The third kappa shape index (κ3) is 3.89. The second-order valence-electron chi connectivity index (χ2n) is 4.60. The van der Waals surface area contributed by atoms with Crippen LogP contribution in [0.25, 0.3) is 0 Å². The lowest BCUT2D eigenvalue weighted by atomic mass is 10.1. The number of nitrogens with one attached hydrogen (secondary N) is 1. The van der Waals surface area contributed by atoms with Gasteiger partial charge in [-0.15, -0.1) is 0 Å². The normalized spacial score (nSPS) is 12.2. The van der Waals surface area contributed by atoms with Gasteiger partial charge in [0.15, 0.2) is 0 Å². The van der Waals surface area contributed by atoms with E-state index in [2.05, 4.69) is 10.3 Å². The molecule has 1 aromatic heterocycles. The zero-order valence-corrected chi connectivity index (χ0v) is 11.5. The van der Waals surface area contributed by atoms with Crippen molar-refractivity contribution in [2.45, 2.75) is 19.9 Å². The second kappa shape index (κ2) is 6.80. The van der Waals surface area contributed by atoms with Crippen molar-refractivity contribution in [3.8, 4) is 0 Å². The van der Waals surface area contributed by atoms with E-state index in [1.807, 2.05) is 13.8 Å². The third-order valence-electron chi connectivity index (χ3n) is 2.79. The van der Waals surface area contributed by atoms with Crippen LogP contribution in [0.3, 0.4) is 0 Å². The number of anilines is 1. The van der Waals surface area contributed by atoms with Crippen molar-refractivity contribution in [1.82, 2.24) is 4.98 Å². The fourth-order valence-corrected chi connectivity index (χ4v) is 1.61. The molecule has 0 saturated carbocycles. The minimum absolute atomic E-state index is 0.0735. The number of hydrogen-bond donors (Lipinski definition) is 2. The number of carboxylic acid groups (broad SMARTS) is 1. The largest absolute Gasteiger partial charge is 0.477 e. The number of rotatable bonds is 7. The van der Waals surface area contributed by atoms with Crippen molar-refractivity contribution in [3.05, 3.63) is 27.9 Å². The molecule has 1 rings (SSSR count). The molecule has 1 atom stereocenters. The Kier molecular flexibility index (Phi) is 5.39. The number of carbonyl (C=O) groups is 1. The van der Waals surface area contributed by atoms with Gasteiger partial charge in [-0.05, 0) is 5.92 Å². The number of pyridine rings is 1. The number of nitro groups is 1. The maximum absolute atomic E-state index is 11.0. The van der Waals surface area contributed by atoms with Crippen molar-refractivity contribution in [2.75, 3.05) is 19.0 Å². The maximum Gasteiger partial charge on any atom is 0.342 e. The summed E-state index contributed by atoms with van der Waals surface area (Å²) in [6, 6.07) is 1.08. The third-order valence-corrected chi connectivity index (χ3v) is 2.79. The number of ether oxygens (including phenoxy) is 1. The number of methoxy groups -OCH3 is 1. The molecule has 0 aliphatic carbocycles. The summed E-state index contributed by atoms with van der Waals surface area (Å²) in [5, 5.41) is 22.8. The average Bonchev–Trinajstić information content (AvgIpc) is 2.37. The van der Waals surface area contributed by atoms with Gasteiger partial charge in [0.1, 0.15) is 17.6 Å². The first-order valence-corrected chi connectivity index (χ1v) is 6.00. The van der Waals surface area contributed by atoms with Gasteiger partial charge < -0.3 is 15.2 Å². The fraction of sp³-hybridized carbons (Fsp3) is 0.500. The van der Waals surface area contributed by atoms with Gasteiger partial charge in [0.2, 0.25) is 0 Å². The summed E-state index contributed by atoms with van der Waals surface area (Å²) in [7, 11) is 1.56. The standard InChI is InChI=1S/C12H17N3O5/c1-7(2)9(6-20-3)14-11-4-8(12(16)17)10(5-13-11)15(18)19/h4-5,7,9H,6H2,1-3H3,(H,13,14)(H,16,17). The Morgan fingerprint density at radius 1 is 1.60 bits per heavy atom. The van der Waals surface area contributed by atoms with E-state index < -0.39 is 22.1 Å². The molecule has 110 valence electrons. The molecule has 0 fully saturated rings. The molecule has 8 heteroatoms. The lowest BCUT2D eigenvalue weighted by molar-refractivity contribution is -0.385. The SMILES string of the molecule is COCC(Nc1cc(C(=O)O)c([N+](=O)[O-])cn1)C(C)C. The number of carboxylic acids is 1. The molecule has 2 N–H and O–H groups in total.